The molecule has 1 aromatic rings. The Balaban J connectivity index is 2.28. The summed E-state index contributed by atoms with van der Waals surface area (Å²) in [4.78, 5) is 0.225. The molecule has 4 nitrogen and oxygen atoms in total. The summed E-state index contributed by atoms with van der Waals surface area (Å²) in [5, 5.41) is 0.378. The second kappa shape index (κ2) is 5.69. The number of nitrogens with two attached hydrogens (primary N) is 1. The van der Waals surface area contributed by atoms with E-state index in [1.807, 2.05) is 6.92 Å². The van der Waals surface area contributed by atoms with Crippen molar-refractivity contribution in [3.05, 3.63) is 23.2 Å². The maximum absolute atomic E-state index is 12.6. The van der Waals surface area contributed by atoms with Gasteiger partial charge in [0.15, 0.2) is 0 Å². The lowest BCUT2D eigenvalue weighted by Gasteiger charge is -2.21. The zero-order chi connectivity index (χ0) is 14.0. The van der Waals surface area contributed by atoms with E-state index in [0.717, 1.165) is 19.3 Å². The molecule has 2 N–H and O–H groups in total. The van der Waals surface area contributed by atoms with Crippen LogP contribution in [-0.4, -0.2) is 25.8 Å². The lowest BCUT2D eigenvalue weighted by Crippen LogP contribution is -2.33. The molecule has 19 heavy (non-hydrogen) atoms. The molecule has 0 aromatic heterocycles. The van der Waals surface area contributed by atoms with E-state index in [-0.39, 0.29) is 4.90 Å². The van der Waals surface area contributed by atoms with Gasteiger partial charge in [0.25, 0.3) is 0 Å². The van der Waals surface area contributed by atoms with Gasteiger partial charge in [-0.25, -0.2) is 8.42 Å². The smallest absolute Gasteiger partial charge is 0.243 e. The molecule has 0 amide bonds. The van der Waals surface area contributed by atoms with Crippen LogP contribution in [0.4, 0.5) is 5.69 Å². The average Bonchev–Trinajstić information content (AvgIpc) is 3.16. The average molecular weight is 303 g/mol. The molecule has 6 heteroatoms. The number of halogens is 1. The largest absolute Gasteiger partial charge is 0.397 e. The summed E-state index contributed by atoms with van der Waals surface area (Å²) in [6, 6.07) is 4.49. The second-order valence-electron chi connectivity index (χ2n) is 4.99. The zero-order valence-electron chi connectivity index (χ0n) is 11.0. The van der Waals surface area contributed by atoms with Crippen molar-refractivity contribution in [2.75, 3.05) is 18.8 Å². The van der Waals surface area contributed by atoms with Gasteiger partial charge in [-0.2, -0.15) is 4.31 Å². The van der Waals surface area contributed by atoms with E-state index in [0.29, 0.717) is 29.7 Å². The van der Waals surface area contributed by atoms with Crippen LogP contribution in [0.3, 0.4) is 0 Å². The Morgan fingerprint density at radius 1 is 1.42 bits per heavy atom. The Morgan fingerprint density at radius 2 is 2.11 bits per heavy atom. The van der Waals surface area contributed by atoms with Crippen molar-refractivity contribution in [1.29, 1.82) is 0 Å². The van der Waals surface area contributed by atoms with Crippen LogP contribution in [0.5, 0.6) is 0 Å². The van der Waals surface area contributed by atoms with Crippen molar-refractivity contribution < 1.29 is 8.42 Å². The Hall–Kier alpha value is -0.780. The van der Waals surface area contributed by atoms with Crippen molar-refractivity contribution in [1.82, 2.24) is 4.31 Å². The molecule has 1 fully saturated rings. The van der Waals surface area contributed by atoms with E-state index in [2.05, 4.69) is 0 Å². The molecule has 0 unspecified atom stereocenters. The van der Waals surface area contributed by atoms with Gasteiger partial charge in [-0.05, 0) is 43.4 Å². The summed E-state index contributed by atoms with van der Waals surface area (Å²) < 4.78 is 26.7. The summed E-state index contributed by atoms with van der Waals surface area (Å²) in [6.07, 6.45) is 3.05. The summed E-state index contributed by atoms with van der Waals surface area (Å²) in [7, 11) is -3.46. The number of anilines is 1. The molecule has 0 spiro atoms. The van der Waals surface area contributed by atoms with Gasteiger partial charge in [-0.1, -0.05) is 18.5 Å². The Labute approximate surface area is 119 Å². The molecule has 0 bridgehead atoms. The first-order chi connectivity index (χ1) is 8.95. The molecule has 0 atom stereocenters. The molecular formula is C13H19ClN2O2S. The molecule has 2 rings (SSSR count). The number of hydrogen-bond donors (Lipinski definition) is 1. The van der Waals surface area contributed by atoms with Gasteiger partial charge < -0.3 is 5.73 Å². The number of sulfonamides is 1. The number of rotatable bonds is 6. The minimum absolute atomic E-state index is 0.225. The fraction of sp³-hybridized carbons (Fsp3) is 0.538. The molecule has 0 heterocycles. The maximum atomic E-state index is 12.6. The van der Waals surface area contributed by atoms with E-state index in [4.69, 9.17) is 17.3 Å². The molecule has 1 aliphatic rings. The minimum atomic E-state index is -3.46. The summed E-state index contributed by atoms with van der Waals surface area (Å²) in [5.74, 6) is 0.519. The fourth-order valence-electron chi connectivity index (χ4n) is 1.98. The topological polar surface area (TPSA) is 63.4 Å². The molecule has 106 valence electrons. The highest BCUT2D eigenvalue weighted by atomic mass is 35.5. The standard InChI is InChI=1S/C13H19ClN2O2S/c1-2-7-16(9-10-3-4-10)19(17,18)11-5-6-12(14)13(15)8-11/h5-6,8,10H,2-4,7,9,15H2,1H3. The van der Waals surface area contributed by atoms with E-state index in [1.54, 1.807) is 4.31 Å². The lowest BCUT2D eigenvalue weighted by molar-refractivity contribution is 0.395. The second-order valence-corrected chi connectivity index (χ2v) is 7.33. The first kappa shape index (κ1) is 14.6. The Kier molecular flexibility index (Phi) is 4.38. The predicted octanol–water partition coefficient (Wildman–Crippen LogP) is 2.73. The van der Waals surface area contributed by atoms with Gasteiger partial charge in [0, 0.05) is 13.1 Å². The van der Waals surface area contributed by atoms with Gasteiger partial charge >= 0.3 is 0 Å². The van der Waals surface area contributed by atoms with Gasteiger partial charge in [-0.15, -0.1) is 0 Å². The lowest BCUT2D eigenvalue weighted by atomic mass is 10.3. The van der Waals surface area contributed by atoms with Crippen LogP contribution in [0.15, 0.2) is 23.1 Å². The third-order valence-electron chi connectivity index (χ3n) is 3.24. The normalized spacial score (nSPS) is 15.9. The summed E-state index contributed by atoms with van der Waals surface area (Å²) in [5.41, 5.74) is 5.99. The highest BCUT2D eigenvalue weighted by Crippen LogP contribution is 2.32. The molecule has 1 saturated carbocycles. The van der Waals surface area contributed by atoms with E-state index < -0.39 is 10.0 Å². The third kappa shape index (κ3) is 3.41. The monoisotopic (exact) mass is 302 g/mol. The highest BCUT2D eigenvalue weighted by Gasteiger charge is 2.31. The van der Waals surface area contributed by atoms with Crippen molar-refractivity contribution >= 4 is 27.3 Å². The first-order valence-corrected chi connectivity index (χ1v) is 8.32. The zero-order valence-corrected chi connectivity index (χ0v) is 12.5. The highest BCUT2D eigenvalue weighted by molar-refractivity contribution is 7.89. The van der Waals surface area contributed by atoms with E-state index in [1.165, 1.54) is 18.2 Å². The quantitative estimate of drug-likeness (QED) is 0.822. The Bertz CT molecular complexity index is 556. The molecule has 1 aromatic carbocycles. The fourth-order valence-corrected chi connectivity index (χ4v) is 3.74. The van der Waals surface area contributed by atoms with Crippen molar-refractivity contribution in [3.8, 4) is 0 Å². The Morgan fingerprint density at radius 3 is 2.63 bits per heavy atom. The van der Waals surface area contributed by atoms with Crippen LogP contribution in [0.1, 0.15) is 26.2 Å². The minimum Gasteiger partial charge on any atom is -0.397 e. The van der Waals surface area contributed by atoms with Gasteiger partial charge in [-0.3, -0.25) is 0 Å². The van der Waals surface area contributed by atoms with Crippen molar-refractivity contribution in [3.63, 3.8) is 0 Å². The van der Waals surface area contributed by atoms with E-state index >= 15 is 0 Å². The maximum Gasteiger partial charge on any atom is 0.243 e. The third-order valence-corrected chi connectivity index (χ3v) is 5.44. The van der Waals surface area contributed by atoms with Crippen LogP contribution >= 0.6 is 11.6 Å². The van der Waals surface area contributed by atoms with Crippen molar-refractivity contribution in [2.24, 2.45) is 5.92 Å². The SMILES string of the molecule is CCCN(CC1CC1)S(=O)(=O)c1ccc(Cl)c(N)c1. The van der Waals surface area contributed by atoms with Crippen LogP contribution in [0.2, 0.25) is 5.02 Å². The first-order valence-electron chi connectivity index (χ1n) is 6.50. The van der Waals surface area contributed by atoms with Gasteiger partial charge in [0.05, 0.1) is 15.6 Å². The van der Waals surface area contributed by atoms with Crippen LogP contribution in [0, 0.1) is 5.92 Å². The van der Waals surface area contributed by atoms with Gasteiger partial charge in [0.2, 0.25) is 10.0 Å². The molecule has 0 saturated heterocycles. The molecule has 0 aliphatic heterocycles. The van der Waals surface area contributed by atoms with Gasteiger partial charge in [0.1, 0.15) is 0 Å². The van der Waals surface area contributed by atoms with Crippen LogP contribution in [0.25, 0.3) is 0 Å². The predicted molar refractivity (Wildman–Crippen MR) is 77.6 cm³/mol. The number of nitrogens with zero attached hydrogens (tertiary/aromatic N) is 1. The molecule has 1 aliphatic carbocycles. The summed E-state index contributed by atoms with van der Waals surface area (Å²) in [6.45, 7) is 3.13. The van der Waals surface area contributed by atoms with Crippen LogP contribution < -0.4 is 5.73 Å². The van der Waals surface area contributed by atoms with Crippen molar-refractivity contribution in [2.45, 2.75) is 31.1 Å². The number of benzene rings is 1. The molecular weight excluding hydrogens is 284 g/mol. The van der Waals surface area contributed by atoms with E-state index in [9.17, 15) is 8.42 Å². The van der Waals surface area contributed by atoms with Crippen LogP contribution in [-0.2, 0) is 10.0 Å². The molecule has 0 radical (unpaired) electrons. The number of nitrogen functional groups attached to an aromatic ring is 1. The summed E-state index contributed by atoms with van der Waals surface area (Å²) >= 11 is 5.83. The number of hydrogen-bond acceptors (Lipinski definition) is 3.